The van der Waals surface area contributed by atoms with E-state index < -0.39 is 0 Å². The predicted octanol–water partition coefficient (Wildman–Crippen LogP) is 3.71. The monoisotopic (exact) mass is 360 g/mol. The summed E-state index contributed by atoms with van der Waals surface area (Å²) in [5.74, 6) is 1.06. The second-order valence-corrected chi connectivity index (χ2v) is 6.24. The van der Waals surface area contributed by atoms with E-state index in [4.69, 9.17) is 10.5 Å². The number of thioether (sulfide) groups is 1. The third-order valence-corrected chi connectivity index (χ3v) is 4.42. The third kappa shape index (κ3) is 7.95. The summed E-state index contributed by atoms with van der Waals surface area (Å²) >= 11 is 1.66. The normalized spacial score (nSPS) is 10.1. The van der Waals surface area contributed by atoms with Gasteiger partial charge in [0.05, 0.1) is 7.11 Å². The summed E-state index contributed by atoms with van der Waals surface area (Å²) in [6.45, 7) is 1.36. The van der Waals surface area contributed by atoms with Crippen molar-refractivity contribution in [2.75, 3.05) is 27.0 Å². The van der Waals surface area contributed by atoms with Crippen LogP contribution in [0.3, 0.4) is 0 Å². The first-order chi connectivity index (χ1) is 10.6. The fourth-order valence-electron chi connectivity index (χ4n) is 2.31. The minimum absolute atomic E-state index is 0. The number of halogens is 1. The van der Waals surface area contributed by atoms with Gasteiger partial charge < -0.3 is 15.4 Å². The molecule has 0 radical (unpaired) electrons. The van der Waals surface area contributed by atoms with Crippen molar-refractivity contribution in [3.05, 3.63) is 23.8 Å². The van der Waals surface area contributed by atoms with Crippen LogP contribution < -0.4 is 10.5 Å². The van der Waals surface area contributed by atoms with Crippen molar-refractivity contribution >= 4 is 30.1 Å². The summed E-state index contributed by atoms with van der Waals surface area (Å²) in [6.07, 6.45) is 6.82. The molecule has 1 rings (SSSR count). The van der Waals surface area contributed by atoms with Gasteiger partial charge in [0.25, 0.3) is 0 Å². The average molecular weight is 361 g/mol. The molecule has 0 saturated carbocycles. The lowest BCUT2D eigenvalue weighted by Crippen LogP contribution is -2.25. The molecule has 4 nitrogen and oxygen atoms in total. The Hall–Kier alpha value is -0.910. The Bertz CT molecular complexity index is 472. The number of ether oxygens (including phenoxy) is 1. The topological polar surface area (TPSA) is 55.6 Å². The van der Waals surface area contributed by atoms with Crippen molar-refractivity contribution in [3.63, 3.8) is 0 Å². The van der Waals surface area contributed by atoms with Crippen LogP contribution in [0, 0.1) is 0 Å². The number of hydrogen-bond acceptors (Lipinski definition) is 4. The zero-order valence-electron chi connectivity index (χ0n) is 14.3. The van der Waals surface area contributed by atoms with Crippen LogP contribution in [-0.2, 0) is 11.3 Å². The number of nitrogens with two attached hydrogens (primary N) is 1. The van der Waals surface area contributed by atoms with Gasteiger partial charge >= 0.3 is 0 Å². The fraction of sp³-hybridized carbons (Fsp3) is 0.588. The number of benzene rings is 1. The molecule has 0 bridgehead atoms. The first-order valence-electron chi connectivity index (χ1n) is 7.77. The number of nitrogens with zero attached hydrogens (tertiary/aromatic N) is 1. The van der Waals surface area contributed by atoms with Gasteiger partial charge in [-0.05, 0) is 43.3 Å². The maximum absolute atomic E-state index is 12.1. The Labute approximate surface area is 150 Å². The van der Waals surface area contributed by atoms with E-state index in [1.165, 1.54) is 0 Å². The number of rotatable bonds is 10. The zero-order valence-corrected chi connectivity index (χ0v) is 16.0. The number of carbonyl (C=O) groups excluding carboxylic acids is 1. The molecule has 23 heavy (non-hydrogen) atoms. The lowest BCUT2D eigenvalue weighted by atomic mass is 10.1. The average Bonchev–Trinajstić information content (AvgIpc) is 2.54. The first-order valence-corrected chi connectivity index (χ1v) is 8.99. The highest BCUT2D eigenvalue weighted by Gasteiger charge is 2.10. The second-order valence-electron chi connectivity index (χ2n) is 5.39. The molecule has 0 aliphatic rings. The molecule has 0 saturated heterocycles. The molecule has 0 spiro atoms. The van der Waals surface area contributed by atoms with Gasteiger partial charge in [-0.1, -0.05) is 18.9 Å². The third-order valence-electron chi connectivity index (χ3n) is 3.64. The maximum Gasteiger partial charge on any atom is 0.222 e. The van der Waals surface area contributed by atoms with E-state index in [2.05, 4.69) is 6.07 Å². The number of unbranched alkanes of at least 4 members (excludes halogenated alkanes) is 3. The molecule has 1 amide bonds. The van der Waals surface area contributed by atoms with E-state index in [9.17, 15) is 4.79 Å². The van der Waals surface area contributed by atoms with E-state index >= 15 is 0 Å². The molecule has 0 fully saturated rings. The van der Waals surface area contributed by atoms with Gasteiger partial charge in [-0.15, -0.1) is 24.2 Å². The SMILES string of the molecule is COc1cc(CN(C)C(=O)CCCCCCN)ccc1SC.Cl. The molecule has 0 aliphatic heterocycles. The largest absolute Gasteiger partial charge is 0.496 e. The van der Waals surface area contributed by atoms with Gasteiger partial charge in [-0.2, -0.15) is 0 Å². The van der Waals surface area contributed by atoms with E-state index in [-0.39, 0.29) is 18.3 Å². The highest BCUT2D eigenvalue weighted by Crippen LogP contribution is 2.28. The Morgan fingerprint density at radius 2 is 1.96 bits per heavy atom. The molecular formula is C17H29ClN2O2S. The summed E-state index contributed by atoms with van der Waals surface area (Å²) in [4.78, 5) is 15.0. The molecule has 0 heterocycles. The molecule has 0 aromatic heterocycles. The van der Waals surface area contributed by atoms with Gasteiger partial charge in [0, 0.05) is 24.9 Å². The minimum Gasteiger partial charge on any atom is -0.496 e. The number of hydrogen-bond donors (Lipinski definition) is 1. The van der Waals surface area contributed by atoms with E-state index in [1.54, 1.807) is 23.8 Å². The van der Waals surface area contributed by atoms with E-state index in [0.717, 1.165) is 48.4 Å². The molecule has 0 atom stereocenters. The summed E-state index contributed by atoms with van der Waals surface area (Å²) in [5, 5.41) is 0. The summed E-state index contributed by atoms with van der Waals surface area (Å²) in [5.41, 5.74) is 6.55. The van der Waals surface area contributed by atoms with Crippen LogP contribution in [0.1, 0.15) is 37.7 Å². The molecule has 2 N–H and O–H groups in total. The van der Waals surface area contributed by atoms with Crippen molar-refractivity contribution < 1.29 is 9.53 Å². The lowest BCUT2D eigenvalue weighted by molar-refractivity contribution is -0.130. The smallest absolute Gasteiger partial charge is 0.222 e. The summed E-state index contributed by atoms with van der Waals surface area (Å²) < 4.78 is 5.39. The lowest BCUT2D eigenvalue weighted by Gasteiger charge is -2.18. The zero-order chi connectivity index (χ0) is 16.4. The van der Waals surface area contributed by atoms with Crippen LogP contribution in [0.15, 0.2) is 23.1 Å². The molecular weight excluding hydrogens is 332 g/mol. The highest BCUT2D eigenvalue weighted by atomic mass is 35.5. The minimum atomic E-state index is 0. The number of amides is 1. The first kappa shape index (κ1) is 22.1. The number of carbonyl (C=O) groups is 1. The Balaban J connectivity index is 0.00000484. The van der Waals surface area contributed by atoms with Crippen molar-refractivity contribution in [2.24, 2.45) is 5.73 Å². The molecule has 0 aliphatic carbocycles. The van der Waals surface area contributed by atoms with Crippen LogP contribution in [0.4, 0.5) is 0 Å². The number of methoxy groups -OCH3 is 1. The van der Waals surface area contributed by atoms with Crippen molar-refractivity contribution in [1.82, 2.24) is 4.90 Å². The Morgan fingerprint density at radius 3 is 2.57 bits per heavy atom. The molecule has 0 unspecified atom stereocenters. The van der Waals surface area contributed by atoms with E-state index in [1.807, 2.05) is 25.4 Å². The van der Waals surface area contributed by atoms with E-state index in [0.29, 0.717) is 13.0 Å². The van der Waals surface area contributed by atoms with Gasteiger partial charge in [-0.3, -0.25) is 4.79 Å². The maximum atomic E-state index is 12.1. The fourth-order valence-corrected chi connectivity index (χ4v) is 2.85. The summed E-state index contributed by atoms with van der Waals surface area (Å²) in [6, 6.07) is 6.11. The van der Waals surface area contributed by atoms with Crippen molar-refractivity contribution in [1.29, 1.82) is 0 Å². The standard InChI is InChI=1S/C17H28N2O2S.ClH/c1-19(17(20)8-6-4-5-7-11-18)13-14-9-10-16(22-3)15(12-14)21-2;/h9-10,12H,4-8,11,13,18H2,1-3H3;1H. The quantitative estimate of drug-likeness (QED) is 0.510. The van der Waals surface area contributed by atoms with Crippen LogP contribution in [-0.4, -0.2) is 37.8 Å². The van der Waals surface area contributed by atoms with Gasteiger partial charge in [0.1, 0.15) is 5.75 Å². The Morgan fingerprint density at radius 1 is 1.26 bits per heavy atom. The highest BCUT2D eigenvalue weighted by molar-refractivity contribution is 7.98. The van der Waals surface area contributed by atoms with Crippen LogP contribution >= 0.6 is 24.2 Å². The van der Waals surface area contributed by atoms with Crippen LogP contribution in [0.5, 0.6) is 5.75 Å². The molecule has 132 valence electrons. The van der Waals surface area contributed by atoms with Gasteiger partial charge in [-0.25, -0.2) is 0 Å². The predicted molar refractivity (Wildman–Crippen MR) is 101 cm³/mol. The van der Waals surface area contributed by atoms with Crippen molar-refractivity contribution in [2.45, 2.75) is 43.5 Å². The van der Waals surface area contributed by atoms with Crippen molar-refractivity contribution in [3.8, 4) is 5.75 Å². The molecule has 1 aromatic carbocycles. The molecule has 6 heteroatoms. The van der Waals surface area contributed by atoms with Gasteiger partial charge in [0.2, 0.25) is 5.91 Å². The van der Waals surface area contributed by atoms with Crippen LogP contribution in [0.25, 0.3) is 0 Å². The second kappa shape index (κ2) is 12.5. The van der Waals surface area contributed by atoms with Crippen LogP contribution in [0.2, 0.25) is 0 Å². The van der Waals surface area contributed by atoms with Gasteiger partial charge in [0.15, 0.2) is 0 Å². The molecule has 1 aromatic rings. The summed E-state index contributed by atoms with van der Waals surface area (Å²) in [7, 11) is 3.53. The Kier molecular flexibility index (Phi) is 12.0.